The minimum absolute atomic E-state index is 0.315. The molecule has 0 aliphatic heterocycles. The Balaban J connectivity index is 1.93. The second kappa shape index (κ2) is 6.58. The molecule has 0 unspecified atom stereocenters. The molecule has 3 aromatic rings. The van der Waals surface area contributed by atoms with Crippen LogP contribution in [0.1, 0.15) is 17.0 Å². The summed E-state index contributed by atoms with van der Waals surface area (Å²) in [7, 11) is 1.88. The van der Waals surface area contributed by atoms with Crippen molar-refractivity contribution in [2.75, 3.05) is 7.05 Å². The van der Waals surface area contributed by atoms with Gasteiger partial charge in [-0.05, 0) is 51.3 Å². The van der Waals surface area contributed by atoms with Gasteiger partial charge in [0, 0.05) is 28.5 Å². The van der Waals surface area contributed by atoms with Gasteiger partial charge in [0.05, 0.1) is 6.67 Å². The molecule has 0 fully saturated rings. The van der Waals surface area contributed by atoms with Gasteiger partial charge in [0.15, 0.2) is 0 Å². The molecule has 0 aliphatic carbocycles. The lowest BCUT2D eigenvalue weighted by Gasteiger charge is -2.19. The van der Waals surface area contributed by atoms with Crippen LogP contribution in [0.2, 0.25) is 5.02 Å². The lowest BCUT2D eigenvalue weighted by atomic mass is 10.2. The summed E-state index contributed by atoms with van der Waals surface area (Å²) in [5.41, 5.74) is 2.34. The fraction of sp³-hybridized carbons (Fsp3) is 0.312. The molecule has 126 valence electrons. The molecule has 5 nitrogen and oxygen atoms in total. The van der Waals surface area contributed by atoms with Crippen molar-refractivity contribution in [2.45, 2.75) is 27.1 Å². The van der Waals surface area contributed by atoms with Gasteiger partial charge >= 0.3 is 0 Å². The van der Waals surface area contributed by atoms with Crippen molar-refractivity contribution in [3.05, 3.63) is 56.8 Å². The summed E-state index contributed by atoms with van der Waals surface area (Å²) in [6, 6.07) is 6.66. The fourth-order valence-corrected chi connectivity index (χ4v) is 3.16. The summed E-state index contributed by atoms with van der Waals surface area (Å²) in [6.45, 7) is 4.69. The molecule has 2 aromatic heterocycles. The van der Waals surface area contributed by atoms with Crippen molar-refractivity contribution in [3.8, 4) is 0 Å². The van der Waals surface area contributed by atoms with Crippen LogP contribution in [-0.4, -0.2) is 31.1 Å². The first-order valence-electron chi connectivity index (χ1n) is 7.42. The third-order valence-corrected chi connectivity index (χ3v) is 4.40. The van der Waals surface area contributed by atoms with Crippen LogP contribution in [-0.2, 0) is 13.2 Å². The molecule has 0 bridgehead atoms. The SMILES string of the molecule is Cc1cc(C)n2c(n1)nc(=S)n2CN(C)Cc1c(F)cccc1Cl. The minimum atomic E-state index is -0.315. The van der Waals surface area contributed by atoms with Gasteiger partial charge in [-0.1, -0.05) is 17.7 Å². The van der Waals surface area contributed by atoms with Gasteiger partial charge in [0.2, 0.25) is 4.77 Å². The van der Waals surface area contributed by atoms with Crippen LogP contribution in [0.3, 0.4) is 0 Å². The molecule has 8 heteroatoms. The molecule has 1 aromatic carbocycles. The third kappa shape index (κ3) is 3.19. The Kier molecular flexibility index (Phi) is 4.67. The van der Waals surface area contributed by atoms with E-state index in [0.717, 1.165) is 11.4 Å². The summed E-state index contributed by atoms with van der Waals surface area (Å²) in [5.74, 6) is 0.249. The van der Waals surface area contributed by atoms with Crippen molar-refractivity contribution >= 4 is 29.6 Å². The number of aryl methyl sites for hydroxylation is 2. The van der Waals surface area contributed by atoms with Crippen LogP contribution in [0.5, 0.6) is 0 Å². The van der Waals surface area contributed by atoms with Gasteiger partial charge < -0.3 is 0 Å². The van der Waals surface area contributed by atoms with Crippen molar-refractivity contribution in [2.24, 2.45) is 0 Å². The second-order valence-corrected chi connectivity index (χ2v) is 6.57. The first-order chi connectivity index (χ1) is 11.4. The molecule has 0 N–H and O–H groups in total. The topological polar surface area (TPSA) is 38.4 Å². The van der Waals surface area contributed by atoms with Crippen molar-refractivity contribution in [1.29, 1.82) is 0 Å². The Morgan fingerprint density at radius 3 is 2.75 bits per heavy atom. The maximum Gasteiger partial charge on any atom is 0.252 e. The quantitative estimate of drug-likeness (QED) is 0.660. The van der Waals surface area contributed by atoms with Crippen LogP contribution < -0.4 is 0 Å². The Hall–Kier alpha value is -1.83. The molecule has 24 heavy (non-hydrogen) atoms. The van der Waals surface area contributed by atoms with Gasteiger partial charge in [-0.25, -0.2) is 18.6 Å². The zero-order valence-corrected chi connectivity index (χ0v) is 15.2. The Bertz CT molecular complexity index is 945. The highest BCUT2D eigenvalue weighted by Gasteiger charge is 2.13. The summed E-state index contributed by atoms with van der Waals surface area (Å²) in [5, 5.41) is 0.414. The first kappa shape index (κ1) is 17.0. The number of fused-ring (bicyclic) bond motifs is 1. The minimum Gasteiger partial charge on any atom is -0.283 e. The normalized spacial score (nSPS) is 11.6. The maximum absolute atomic E-state index is 14.0. The molecule has 0 aliphatic rings. The summed E-state index contributed by atoms with van der Waals surface area (Å²) < 4.78 is 18.1. The smallest absolute Gasteiger partial charge is 0.252 e. The van der Waals surface area contributed by atoms with Crippen molar-refractivity contribution in [3.63, 3.8) is 0 Å². The summed E-state index contributed by atoms with van der Waals surface area (Å²) >= 11 is 11.5. The van der Waals surface area contributed by atoms with E-state index >= 15 is 0 Å². The van der Waals surface area contributed by atoms with E-state index in [1.54, 1.807) is 12.1 Å². The van der Waals surface area contributed by atoms with Crippen LogP contribution in [0.4, 0.5) is 4.39 Å². The van der Waals surface area contributed by atoms with Crippen molar-refractivity contribution < 1.29 is 4.39 Å². The second-order valence-electron chi connectivity index (χ2n) is 5.80. The maximum atomic E-state index is 14.0. The van der Waals surface area contributed by atoms with E-state index in [2.05, 4.69) is 9.97 Å². The predicted molar refractivity (Wildman–Crippen MR) is 94.2 cm³/mol. The number of rotatable bonds is 4. The van der Waals surface area contributed by atoms with E-state index in [4.69, 9.17) is 23.8 Å². The van der Waals surface area contributed by atoms with Crippen LogP contribution in [0.15, 0.2) is 24.3 Å². The van der Waals surface area contributed by atoms with E-state index in [9.17, 15) is 4.39 Å². The molecule has 0 amide bonds. The molecular formula is C16H17ClFN5S. The highest BCUT2D eigenvalue weighted by Crippen LogP contribution is 2.20. The van der Waals surface area contributed by atoms with Gasteiger partial charge in [-0.15, -0.1) is 0 Å². The average Bonchev–Trinajstić information content (AvgIpc) is 2.79. The number of nitrogens with zero attached hydrogens (tertiary/aromatic N) is 5. The first-order valence-corrected chi connectivity index (χ1v) is 8.20. The highest BCUT2D eigenvalue weighted by atomic mass is 35.5. The zero-order chi connectivity index (χ0) is 17.4. The summed E-state index contributed by atoms with van der Waals surface area (Å²) in [6.07, 6.45) is 0. The Morgan fingerprint density at radius 1 is 1.29 bits per heavy atom. The standard InChI is InChI=1S/C16H17ClFN5S/c1-10-7-11(2)23-15(19-10)20-16(24)22(23)9-21(3)8-12-13(17)5-4-6-14(12)18/h4-7H,8-9H2,1-3H3. The lowest BCUT2D eigenvalue weighted by Crippen LogP contribution is -2.25. The number of halogens is 2. The molecule has 0 radical (unpaired) electrons. The fourth-order valence-electron chi connectivity index (χ4n) is 2.71. The van der Waals surface area contributed by atoms with Gasteiger partial charge in [0.25, 0.3) is 5.78 Å². The number of hydrogen-bond acceptors (Lipinski definition) is 4. The van der Waals surface area contributed by atoms with Crippen molar-refractivity contribution in [1.82, 2.24) is 24.1 Å². The predicted octanol–water partition coefficient (Wildman–Crippen LogP) is 3.76. The van der Waals surface area contributed by atoms with E-state index in [0.29, 0.717) is 34.3 Å². The van der Waals surface area contributed by atoms with E-state index in [-0.39, 0.29) is 5.82 Å². The summed E-state index contributed by atoms with van der Waals surface area (Å²) in [4.78, 5) is 10.7. The van der Waals surface area contributed by atoms with Gasteiger partial charge in [0.1, 0.15) is 5.82 Å². The zero-order valence-electron chi connectivity index (χ0n) is 13.6. The molecule has 0 atom stereocenters. The van der Waals surface area contributed by atoms with E-state index in [1.807, 2.05) is 41.1 Å². The van der Waals surface area contributed by atoms with Gasteiger partial charge in [-0.3, -0.25) is 4.90 Å². The molecule has 0 spiro atoms. The molecular weight excluding hydrogens is 349 g/mol. The Labute approximate surface area is 149 Å². The largest absolute Gasteiger partial charge is 0.283 e. The Morgan fingerprint density at radius 2 is 2.04 bits per heavy atom. The molecule has 3 rings (SSSR count). The van der Waals surface area contributed by atoms with Crippen LogP contribution in [0.25, 0.3) is 5.78 Å². The van der Waals surface area contributed by atoms with E-state index in [1.165, 1.54) is 6.07 Å². The molecule has 2 heterocycles. The third-order valence-electron chi connectivity index (χ3n) is 3.74. The number of benzene rings is 1. The number of aromatic nitrogens is 4. The monoisotopic (exact) mass is 365 g/mol. The molecule has 0 saturated carbocycles. The lowest BCUT2D eigenvalue weighted by molar-refractivity contribution is 0.235. The number of hydrogen-bond donors (Lipinski definition) is 0. The molecule has 0 saturated heterocycles. The van der Waals surface area contributed by atoms with E-state index < -0.39 is 0 Å². The van der Waals surface area contributed by atoms with Gasteiger partial charge in [-0.2, -0.15) is 4.98 Å². The van der Waals surface area contributed by atoms with Crippen LogP contribution >= 0.6 is 23.8 Å². The average molecular weight is 366 g/mol. The highest BCUT2D eigenvalue weighted by molar-refractivity contribution is 7.71. The van der Waals surface area contributed by atoms with Crippen LogP contribution in [0, 0.1) is 24.4 Å².